The van der Waals surface area contributed by atoms with E-state index in [0.29, 0.717) is 0 Å². The summed E-state index contributed by atoms with van der Waals surface area (Å²) in [5.41, 5.74) is 3.32. The highest BCUT2D eigenvalue weighted by Crippen LogP contribution is 2.37. The molecular formula is C13H24N2. The molecule has 0 aromatic heterocycles. The maximum Gasteiger partial charge on any atom is 0.0578 e. The number of hydrazone groups is 1. The lowest BCUT2D eigenvalue weighted by atomic mass is 9.75. The highest BCUT2D eigenvalue weighted by atomic mass is 15.4. The van der Waals surface area contributed by atoms with Crippen LogP contribution < -0.4 is 0 Å². The molecular weight excluding hydrogens is 184 g/mol. The van der Waals surface area contributed by atoms with Crippen LogP contribution in [0.3, 0.4) is 0 Å². The van der Waals surface area contributed by atoms with Crippen molar-refractivity contribution in [3.05, 3.63) is 11.1 Å². The Kier molecular flexibility index (Phi) is 2.99. The molecule has 0 atom stereocenters. The molecule has 0 bridgehead atoms. The lowest BCUT2D eigenvalue weighted by Crippen LogP contribution is -2.31. The fourth-order valence-corrected chi connectivity index (χ4v) is 1.88. The van der Waals surface area contributed by atoms with Crippen LogP contribution in [0.25, 0.3) is 0 Å². The molecule has 0 unspecified atom stereocenters. The Morgan fingerprint density at radius 3 is 2.00 bits per heavy atom. The minimum absolute atomic E-state index is 0.188. The van der Waals surface area contributed by atoms with Crippen LogP contribution in [-0.2, 0) is 0 Å². The van der Waals surface area contributed by atoms with Crippen LogP contribution in [0, 0.1) is 10.8 Å². The third-order valence-corrected chi connectivity index (χ3v) is 2.81. The van der Waals surface area contributed by atoms with Gasteiger partial charge in [0, 0.05) is 7.05 Å². The first-order valence-corrected chi connectivity index (χ1v) is 5.61. The summed E-state index contributed by atoms with van der Waals surface area (Å²) in [6.45, 7) is 14.6. The fourth-order valence-electron chi connectivity index (χ4n) is 1.88. The average molecular weight is 208 g/mol. The summed E-state index contributed by atoms with van der Waals surface area (Å²) in [4.78, 5) is 0. The molecule has 1 aliphatic rings. The van der Waals surface area contributed by atoms with Crippen molar-refractivity contribution in [2.45, 2.75) is 41.5 Å². The van der Waals surface area contributed by atoms with Crippen molar-refractivity contribution in [1.82, 2.24) is 5.01 Å². The van der Waals surface area contributed by atoms with E-state index in [1.54, 1.807) is 0 Å². The molecule has 0 aliphatic carbocycles. The van der Waals surface area contributed by atoms with Gasteiger partial charge in [-0.25, -0.2) is 0 Å². The smallest absolute Gasteiger partial charge is 0.0578 e. The van der Waals surface area contributed by atoms with Crippen LogP contribution >= 0.6 is 0 Å². The molecule has 1 heterocycles. The van der Waals surface area contributed by atoms with Crippen LogP contribution in [0.4, 0.5) is 0 Å². The van der Waals surface area contributed by atoms with Crippen LogP contribution in [0.5, 0.6) is 0 Å². The number of hydrogen-bond acceptors (Lipinski definition) is 2. The third kappa shape index (κ3) is 2.83. The van der Waals surface area contributed by atoms with Gasteiger partial charge in [0.1, 0.15) is 0 Å². The molecule has 0 aromatic carbocycles. The Morgan fingerprint density at radius 1 is 1.07 bits per heavy atom. The summed E-state index contributed by atoms with van der Waals surface area (Å²) >= 11 is 0. The van der Waals surface area contributed by atoms with Gasteiger partial charge in [-0.3, -0.25) is 5.01 Å². The lowest BCUT2D eigenvalue weighted by Gasteiger charge is -2.36. The van der Waals surface area contributed by atoms with Crippen molar-refractivity contribution in [3.63, 3.8) is 0 Å². The van der Waals surface area contributed by atoms with Gasteiger partial charge >= 0.3 is 0 Å². The van der Waals surface area contributed by atoms with E-state index in [1.165, 1.54) is 11.1 Å². The van der Waals surface area contributed by atoms with E-state index in [2.05, 4.69) is 46.6 Å². The number of allylic oxidation sites excluding steroid dienone is 1. The summed E-state index contributed by atoms with van der Waals surface area (Å²) < 4.78 is 0. The predicted octanol–water partition coefficient (Wildman–Crippen LogP) is 3.31. The Bertz CT molecular complexity index is 297. The minimum atomic E-state index is 0.188. The van der Waals surface area contributed by atoms with E-state index in [0.717, 1.165) is 6.54 Å². The fraction of sp³-hybridized carbons (Fsp3) is 0.769. The van der Waals surface area contributed by atoms with Crippen molar-refractivity contribution >= 4 is 6.21 Å². The standard InChI is InChI=1S/C13H24N2/c1-12(2,3)10-8-14-15(7)9-11(10)13(4,5)6/h8H,9H2,1-7H3. The van der Waals surface area contributed by atoms with Gasteiger partial charge in [-0.1, -0.05) is 41.5 Å². The largest absolute Gasteiger partial charge is 0.296 e. The third-order valence-electron chi connectivity index (χ3n) is 2.81. The van der Waals surface area contributed by atoms with Crippen LogP contribution in [0.15, 0.2) is 16.2 Å². The van der Waals surface area contributed by atoms with Crippen molar-refractivity contribution < 1.29 is 0 Å². The molecule has 86 valence electrons. The minimum Gasteiger partial charge on any atom is -0.296 e. The van der Waals surface area contributed by atoms with Crippen molar-refractivity contribution in [2.75, 3.05) is 13.6 Å². The van der Waals surface area contributed by atoms with Crippen LogP contribution in [0.1, 0.15) is 41.5 Å². The molecule has 0 N–H and O–H groups in total. The number of hydrogen-bond donors (Lipinski definition) is 0. The highest BCUT2D eigenvalue weighted by molar-refractivity contribution is 5.82. The van der Waals surface area contributed by atoms with Crippen LogP contribution in [0.2, 0.25) is 0 Å². The Labute approximate surface area is 94.0 Å². The monoisotopic (exact) mass is 208 g/mol. The van der Waals surface area contributed by atoms with Crippen molar-refractivity contribution in [1.29, 1.82) is 0 Å². The first-order chi connectivity index (χ1) is 6.62. The second-order valence-corrected chi connectivity index (χ2v) is 6.45. The molecule has 0 fully saturated rings. The zero-order chi connectivity index (χ0) is 11.9. The zero-order valence-electron chi connectivity index (χ0n) is 11.2. The lowest BCUT2D eigenvalue weighted by molar-refractivity contribution is 0.328. The molecule has 0 amide bonds. The second-order valence-electron chi connectivity index (χ2n) is 6.45. The molecule has 0 saturated heterocycles. The predicted molar refractivity (Wildman–Crippen MR) is 67.1 cm³/mol. The molecule has 1 aliphatic heterocycles. The van der Waals surface area contributed by atoms with E-state index >= 15 is 0 Å². The van der Waals surface area contributed by atoms with Gasteiger partial charge in [0.25, 0.3) is 0 Å². The van der Waals surface area contributed by atoms with Gasteiger partial charge in [0.15, 0.2) is 0 Å². The number of rotatable bonds is 0. The van der Waals surface area contributed by atoms with E-state index in [1.807, 2.05) is 18.3 Å². The summed E-state index contributed by atoms with van der Waals surface area (Å²) in [7, 11) is 2.03. The van der Waals surface area contributed by atoms with Gasteiger partial charge in [0.05, 0.1) is 12.8 Å². The van der Waals surface area contributed by atoms with Crippen molar-refractivity contribution in [3.8, 4) is 0 Å². The van der Waals surface area contributed by atoms with Gasteiger partial charge in [-0.05, 0) is 22.0 Å². The quantitative estimate of drug-likeness (QED) is 0.596. The van der Waals surface area contributed by atoms with Gasteiger partial charge in [0.2, 0.25) is 0 Å². The molecule has 0 saturated carbocycles. The average Bonchev–Trinajstić information content (AvgIpc) is 2.00. The molecule has 15 heavy (non-hydrogen) atoms. The van der Waals surface area contributed by atoms with Crippen LogP contribution in [-0.4, -0.2) is 24.8 Å². The maximum absolute atomic E-state index is 4.39. The molecule has 1 rings (SSSR count). The number of likely N-dealkylation sites (N-methyl/N-ethyl adjacent to an activating group) is 1. The Balaban J connectivity index is 3.21. The van der Waals surface area contributed by atoms with E-state index in [-0.39, 0.29) is 10.8 Å². The van der Waals surface area contributed by atoms with E-state index in [4.69, 9.17) is 0 Å². The topological polar surface area (TPSA) is 15.6 Å². The molecule has 2 nitrogen and oxygen atoms in total. The SMILES string of the molecule is CN1CC(C(C)(C)C)=C(C(C)(C)C)C=N1. The Morgan fingerprint density at radius 2 is 1.60 bits per heavy atom. The van der Waals surface area contributed by atoms with Gasteiger partial charge in [-0.15, -0.1) is 0 Å². The molecule has 2 heteroatoms. The normalized spacial score (nSPS) is 18.7. The van der Waals surface area contributed by atoms with Crippen molar-refractivity contribution in [2.24, 2.45) is 15.9 Å². The molecule has 0 aromatic rings. The molecule has 0 spiro atoms. The van der Waals surface area contributed by atoms with E-state index in [9.17, 15) is 0 Å². The first kappa shape index (κ1) is 12.3. The number of nitrogens with zero attached hydrogens (tertiary/aromatic N) is 2. The summed E-state index contributed by atoms with van der Waals surface area (Å²) in [5.74, 6) is 0. The first-order valence-electron chi connectivity index (χ1n) is 5.61. The van der Waals surface area contributed by atoms with Gasteiger partial charge < -0.3 is 0 Å². The van der Waals surface area contributed by atoms with Gasteiger partial charge in [-0.2, -0.15) is 5.10 Å². The zero-order valence-corrected chi connectivity index (χ0v) is 11.2. The second kappa shape index (κ2) is 3.66. The summed E-state index contributed by atoms with van der Waals surface area (Å²) in [6.07, 6.45) is 2.03. The maximum atomic E-state index is 4.39. The highest BCUT2D eigenvalue weighted by Gasteiger charge is 2.29. The molecule has 0 radical (unpaired) electrons. The Hall–Kier alpha value is -0.790. The van der Waals surface area contributed by atoms with E-state index < -0.39 is 0 Å². The summed E-state index contributed by atoms with van der Waals surface area (Å²) in [5, 5.41) is 6.40. The summed E-state index contributed by atoms with van der Waals surface area (Å²) in [6, 6.07) is 0.